The van der Waals surface area contributed by atoms with E-state index in [2.05, 4.69) is 18.3 Å². The van der Waals surface area contributed by atoms with Crippen molar-refractivity contribution in [1.29, 1.82) is 0 Å². The van der Waals surface area contributed by atoms with Crippen LogP contribution in [0.5, 0.6) is 0 Å². The van der Waals surface area contributed by atoms with E-state index in [1.54, 1.807) is 11.3 Å². The van der Waals surface area contributed by atoms with Crippen LogP contribution in [0.15, 0.2) is 6.07 Å². The minimum Gasteiger partial charge on any atom is -0.351 e. The van der Waals surface area contributed by atoms with Crippen molar-refractivity contribution in [2.24, 2.45) is 5.92 Å². The summed E-state index contributed by atoms with van der Waals surface area (Å²) in [7, 11) is 0. The lowest BCUT2D eigenvalue weighted by Gasteiger charge is -2.10. The van der Waals surface area contributed by atoms with Gasteiger partial charge in [-0.15, -0.1) is 22.9 Å². The molecule has 0 fully saturated rings. The molecule has 0 spiro atoms. The summed E-state index contributed by atoms with van der Waals surface area (Å²) in [5.41, 5.74) is 1.40. The van der Waals surface area contributed by atoms with Crippen LogP contribution in [-0.4, -0.2) is 18.3 Å². The molecule has 106 valence electrons. The molecule has 2 nitrogen and oxygen atoms in total. The molecule has 0 saturated heterocycles. The number of carbonyl (C=O) groups excluding carboxylic acids is 1. The van der Waals surface area contributed by atoms with Gasteiger partial charge in [0.15, 0.2) is 0 Å². The van der Waals surface area contributed by atoms with Crippen LogP contribution in [0, 0.1) is 5.92 Å². The smallest absolute Gasteiger partial charge is 0.261 e. The van der Waals surface area contributed by atoms with Gasteiger partial charge in [-0.2, -0.15) is 0 Å². The van der Waals surface area contributed by atoms with Gasteiger partial charge in [0.2, 0.25) is 0 Å². The van der Waals surface area contributed by atoms with Crippen molar-refractivity contribution >= 4 is 28.8 Å². The van der Waals surface area contributed by atoms with Gasteiger partial charge in [-0.05, 0) is 49.7 Å². The number of thiophene rings is 1. The standard InChI is InChI=1S/C15H22ClNOS/c1-11(7-8-16)10-17-15(18)14-9-12-5-3-2-4-6-13(12)19-14/h9,11H,2-8,10H2,1H3,(H,17,18). The highest BCUT2D eigenvalue weighted by molar-refractivity contribution is 7.14. The Morgan fingerprint density at radius 2 is 2.21 bits per heavy atom. The van der Waals surface area contributed by atoms with Crippen LogP contribution in [0.1, 0.15) is 52.7 Å². The first-order valence-electron chi connectivity index (χ1n) is 7.16. The third-order valence-corrected chi connectivity index (χ3v) is 5.14. The molecule has 4 heteroatoms. The molecule has 1 aliphatic rings. The fourth-order valence-corrected chi connectivity index (χ4v) is 3.96. The number of aryl methyl sites for hydroxylation is 2. The molecule has 1 amide bonds. The van der Waals surface area contributed by atoms with Crippen LogP contribution in [-0.2, 0) is 12.8 Å². The quantitative estimate of drug-likeness (QED) is 0.646. The van der Waals surface area contributed by atoms with Gasteiger partial charge in [-0.25, -0.2) is 0 Å². The van der Waals surface area contributed by atoms with Crippen molar-refractivity contribution in [3.8, 4) is 0 Å². The normalized spacial score (nSPS) is 16.5. The van der Waals surface area contributed by atoms with Crippen molar-refractivity contribution < 1.29 is 4.79 Å². The molecule has 0 saturated carbocycles. The third kappa shape index (κ3) is 4.22. The van der Waals surface area contributed by atoms with Gasteiger partial charge in [-0.1, -0.05) is 13.3 Å². The van der Waals surface area contributed by atoms with E-state index in [9.17, 15) is 4.79 Å². The summed E-state index contributed by atoms with van der Waals surface area (Å²) in [6, 6.07) is 2.10. The SMILES string of the molecule is CC(CCCl)CNC(=O)c1cc2c(s1)CCCCC2. The number of fused-ring (bicyclic) bond motifs is 1. The summed E-state index contributed by atoms with van der Waals surface area (Å²) >= 11 is 7.39. The lowest BCUT2D eigenvalue weighted by atomic mass is 10.1. The minimum atomic E-state index is 0.0829. The van der Waals surface area contributed by atoms with Crippen LogP contribution in [0.4, 0.5) is 0 Å². The molecular formula is C15H22ClNOS. The average molecular weight is 300 g/mol. The van der Waals surface area contributed by atoms with Gasteiger partial charge in [-0.3, -0.25) is 4.79 Å². The van der Waals surface area contributed by atoms with Gasteiger partial charge in [0, 0.05) is 17.3 Å². The summed E-state index contributed by atoms with van der Waals surface area (Å²) in [6.45, 7) is 2.83. The van der Waals surface area contributed by atoms with E-state index >= 15 is 0 Å². The molecule has 1 aliphatic carbocycles. The zero-order chi connectivity index (χ0) is 13.7. The molecule has 0 bridgehead atoms. The maximum atomic E-state index is 12.1. The van der Waals surface area contributed by atoms with Crippen LogP contribution in [0.3, 0.4) is 0 Å². The second-order valence-corrected chi connectivity index (χ2v) is 6.93. The van der Waals surface area contributed by atoms with Gasteiger partial charge in [0.25, 0.3) is 5.91 Å². The van der Waals surface area contributed by atoms with Gasteiger partial charge in [0.1, 0.15) is 0 Å². The number of nitrogens with one attached hydrogen (secondary N) is 1. The summed E-state index contributed by atoms with van der Waals surface area (Å²) in [4.78, 5) is 14.4. The van der Waals surface area contributed by atoms with Crippen molar-refractivity contribution in [3.63, 3.8) is 0 Å². The topological polar surface area (TPSA) is 29.1 Å². The molecule has 1 N–H and O–H groups in total. The number of hydrogen-bond acceptors (Lipinski definition) is 2. The zero-order valence-corrected chi connectivity index (χ0v) is 13.1. The van der Waals surface area contributed by atoms with Crippen molar-refractivity contribution in [2.45, 2.75) is 45.4 Å². The molecule has 0 aromatic carbocycles. The zero-order valence-electron chi connectivity index (χ0n) is 11.5. The lowest BCUT2D eigenvalue weighted by molar-refractivity contribution is 0.0952. The van der Waals surface area contributed by atoms with Crippen molar-refractivity contribution in [1.82, 2.24) is 5.32 Å². The predicted octanol–water partition coefficient (Wildman–Crippen LogP) is 4.01. The highest BCUT2D eigenvalue weighted by atomic mass is 35.5. The molecule has 1 atom stereocenters. The minimum absolute atomic E-state index is 0.0829. The Labute approximate surface area is 124 Å². The van der Waals surface area contributed by atoms with Crippen molar-refractivity contribution in [2.75, 3.05) is 12.4 Å². The Bertz CT molecular complexity index is 406. The van der Waals surface area contributed by atoms with E-state index in [0.717, 1.165) is 24.1 Å². The Kier molecular flexibility index (Phi) is 5.71. The van der Waals surface area contributed by atoms with Crippen LogP contribution in [0.25, 0.3) is 0 Å². The van der Waals surface area contributed by atoms with Gasteiger partial charge < -0.3 is 5.32 Å². The second-order valence-electron chi connectivity index (χ2n) is 5.41. The lowest BCUT2D eigenvalue weighted by Crippen LogP contribution is -2.27. The summed E-state index contributed by atoms with van der Waals surface area (Å²) in [6.07, 6.45) is 7.08. The molecule has 0 aliphatic heterocycles. The number of halogens is 1. The number of amides is 1. The molecular weight excluding hydrogens is 278 g/mol. The Balaban J connectivity index is 1.92. The second kappa shape index (κ2) is 7.30. The molecule has 19 heavy (non-hydrogen) atoms. The predicted molar refractivity (Wildman–Crippen MR) is 82.4 cm³/mol. The van der Waals surface area contributed by atoms with Gasteiger partial charge in [0.05, 0.1) is 4.88 Å². The summed E-state index contributed by atoms with van der Waals surface area (Å²) in [5, 5.41) is 3.02. The molecule has 0 radical (unpaired) electrons. The fraction of sp³-hybridized carbons (Fsp3) is 0.667. The first-order valence-corrected chi connectivity index (χ1v) is 8.51. The third-order valence-electron chi connectivity index (χ3n) is 3.68. The Morgan fingerprint density at radius 3 is 3.00 bits per heavy atom. The van der Waals surface area contributed by atoms with E-state index in [1.807, 2.05) is 0 Å². The summed E-state index contributed by atoms with van der Waals surface area (Å²) < 4.78 is 0. The summed E-state index contributed by atoms with van der Waals surface area (Å²) in [5.74, 6) is 1.18. The van der Waals surface area contributed by atoms with Crippen LogP contribution < -0.4 is 5.32 Å². The van der Waals surface area contributed by atoms with E-state index in [4.69, 9.17) is 11.6 Å². The molecule has 1 unspecified atom stereocenters. The molecule has 1 aromatic heterocycles. The first-order chi connectivity index (χ1) is 9.20. The first kappa shape index (κ1) is 14.9. The number of rotatable bonds is 5. The fourth-order valence-electron chi connectivity index (χ4n) is 2.42. The Hall–Kier alpha value is -0.540. The maximum Gasteiger partial charge on any atom is 0.261 e. The van der Waals surface area contributed by atoms with Crippen LogP contribution in [0.2, 0.25) is 0 Å². The number of carbonyl (C=O) groups is 1. The van der Waals surface area contributed by atoms with Gasteiger partial charge >= 0.3 is 0 Å². The number of hydrogen-bond donors (Lipinski definition) is 1. The van der Waals surface area contributed by atoms with Crippen LogP contribution >= 0.6 is 22.9 Å². The molecule has 1 heterocycles. The largest absolute Gasteiger partial charge is 0.351 e. The monoisotopic (exact) mass is 299 g/mol. The maximum absolute atomic E-state index is 12.1. The van der Waals surface area contributed by atoms with E-state index in [1.165, 1.54) is 29.7 Å². The molecule has 1 aromatic rings. The highest BCUT2D eigenvalue weighted by Crippen LogP contribution is 2.28. The van der Waals surface area contributed by atoms with Crippen molar-refractivity contribution in [3.05, 3.63) is 21.4 Å². The van der Waals surface area contributed by atoms with E-state index < -0.39 is 0 Å². The van der Waals surface area contributed by atoms with E-state index in [0.29, 0.717) is 18.3 Å². The Morgan fingerprint density at radius 1 is 1.42 bits per heavy atom. The van der Waals surface area contributed by atoms with E-state index in [-0.39, 0.29) is 5.91 Å². The highest BCUT2D eigenvalue weighted by Gasteiger charge is 2.16. The average Bonchev–Trinajstić information content (AvgIpc) is 2.68. The number of alkyl halides is 1. The molecule has 2 rings (SSSR count).